The number of fused-ring (bicyclic) bond motifs is 2. The Morgan fingerprint density at radius 1 is 0.654 bits per heavy atom. The molecular weight excluding hydrogens is 983 g/mol. The summed E-state index contributed by atoms with van der Waals surface area (Å²) in [4.78, 5) is 106. The first-order valence-corrected chi connectivity index (χ1v) is 27.7. The molecule has 418 valence electrons. The fraction of sp³-hybridized carbons (Fsp3) is 0.500. The van der Waals surface area contributed by atoms with Crippen molar-refractivity contribution in [3.05, 3.63) is 142 Å². The van der Waals surface area contributed by atoms with Crippen LogP contribution < -0.4 is 31.9 Å². The molecule has 2 heterocycles. The lowest BCUT2D eigenvalue weighted by molar-refractivity contribution is -0.152. The molecule has 0 saturated carbocycles. The van der Waals surface area contributed by atoms with Crippen molar-refractivity contribution in [2.75, 3.05) is 20.6 Å². The van der Waals surface area contributed by atoms with Crippen LogP contribution in [0.25, 0.3) is 0 Å². The summed E-state index contributed by atoms with van der Waals surface area (Å²) in [5, 5.41) is 18.2. The summed E-state index contributed by atoms with van der Waals surface area (Å²) in [6, 6.07) is 24.7. The maximum Gasteiger partial charge on any atom is 0.251 e. The monoisotopic (exact) mass is 1070 g/mol. The van der Waals surface area contributed by atoms with Gasteiger partial charge in [-0.05, 0) is 129 Å². The second-order valence-corrected chi connectivity index (χ2v) is 23.9. The van der Waals surface area contributed by atoms with Gasteiger partial charge in [0.15, 0.2) is 0 Å². The molecule has 16 nitrogen and oxygen atoms in total. The number of nitrogens with zero attached hydrogens (tertiary/aromatic N) is 3. The number of likely N-dealkylation sites (tertiary alicyclic amines) is 1. The standard InChI is InChI=1S/C62H83N9O7/c1-37-20-13-17-25-47(37)40(4)69(58(76)51-32-44-22-14-15-23-45(44)35-70(51)59(77)52(61(5,6)7)67-54(72)38(2)63-11)34-41-28-30-43(31-29-41)56(74)65-46-33-50(57(75)66-49-27-19-24-42-21-16-18-26-48(42)49)71(36-46)60(78)53(62(8,9)10)68-55(73)39(3)64-12/h13-18,20-23,25-26,28-31,38-40,46,49-53,63-64H,19,24,27,32-36H2,1-12H3,(H,65,74)(H,66,75)(H,67,72)(H,68,73)/t38-,39-,40+,46-,49+,50-,51-,52+,53+/m0/s1. The highest BCUT2D eigenvalue weighted by Gasteiger charge is 2.47. The van der Waals surface area contributed by atoms with Gasteiger partial charge in [0.1, 0.15) is 24.2 Å². The van der Waals surface area contributed by atoms with E-state index in [1.165, 1.54) is 10.5 Å². The van der Waals surface area contributed by atoms with Gasteiger partial charge in [-0.1, -0.05) is 126 Å². The largest absolute Gasteiger partial charge is 0.347 e. The van der Waals surface area contributed by atoms with E-state index in [0.717, 1.165) is 52.6 Å². The van der Waals surface area contributed by atoms with Crippen LogP contribution in [0.15, 0.2) is 97.1 Å². The molecule has 0 unspecified atom stereocenters. The van der Waals surface area contributed by atoms with E-state index in [4.69, 9.17) is 0 Å². The van der Waals surface area contributed by atoms with Gasteiger partial charge in [0.2, 0.25) is 35.4 Å². The average molecular weight is 1070 g/mol. The molecule has 0 aromatic heterocycles. The van der Waals surface area contributed by atoms with Crippen molar-refractivity contribution in [2.24, 2.45) is 10.8 Å². The highest BCUT2D eigenvalue weighted by Crippen LogP contribution is 2.35. The minimum Gasteiger partial charge on any atom is -0.347 e. The fourth-order valence-corrected chi connectivity index (χ4v) is 11.1. The number of amides is 7. The number of benzene rings is 4. The number of hydrogen-bond donors (Lipinski definition) is 6. The van der Waals surface area contributed by atoms with E-state index in [-0.39, 0.29) is 68.1 Å². The highest BCUT2D eigenvalue weighted by atomic mass is 16.2. The smallest absolute Gasteiger partial charge is 0.251 e. The maximum atomic E-state index is 15.6. The molecular formula is C62H83N9O7. The van der Waals surface area contributed by atoms with Crippen molar-refractivity contribution >= 4 is 41.4 Å². The zero-order valence-corrected chi connectivity index (χ0v) is 47.8. The summed E-state index contributed by atoms with van der Waals surface area (Å²) in [7, 11) is 3.36. The van der Waals surface area contributed by atoms with Crippen LogP contribution in [-0.2, 0) is 54.7 Å². The van der Waals surface area contributed by atoms with E-state index in [1.54, 1.807) is 49.9 Å². The number of aryl methyl sites for hydroxylation is 2. The van der Waals surface area contributed by atoms with E-state index >= 15 is 9.59 Å². The molecule has 7 amide bonds. The van der Waals surface area contributed by atoms with Crippen molar-refractivity contribution in [3.8, 4) is 0 Å². The van der Waals surface area contributed by atoms with Gasteiger partial charge in [0.05, 0.1) is 24.2 Å². The Kier molecular flexibility index (Phi) is 18.7. The number of likely N-dealkylation sites (N-methyl/N-ethyl adjacent to an activating group) is 2. The van der Waals surface area contributed by atoms with Crippen LogP contribution in [0.2, 0.25) is 0 Å². The van der Waals surface area contributed by atoms with E-state index in [9.17, 15) is 24.0 Å². The third kappa shape index (κ3) is 13.5. The summed E-state index contributed by atoms with van der Waals surface area (Å²) in [5.41, 5.74) is 5.76. The van der Waals surface area contributed by atoms with Gasteiger partial charge < -0.3 is 46.6 Å². The number of nitrogens with one attached hydrogen (secondary N) is 6. The van der Waals surface area contributed by atoms with Crippen molar-refractivity contribution in [3.63, 3.8) is 0 Å². The van der Waals surface area contributed by atoms with Crippen LogP contribution in [0.1, 0.15) is 143 Å². The van der Waals surface area contributed by atoms with Crippen LogP contribution in [-0.4, -0.2) is 119 Å². The molecule has 0 bridgehead atoms. The molecule has 4 aromatic carbocycles. The predicted octanol–water partition coefficient (Wildman–Crippen LogP) is 6.21. The maximum absolute atomic E-state index is 15.6. The topological polar surface area (TPSA) is 201 Å². The molecule has 4 aromatic rings. The van der Waals surface area contributed by atoms with E-state index < -0.39 is 71.0 Å². The molecule has 6 N–H and O–H groups in total. The minimum atomic E-state index is -0.966. The third-order valence-electron chi connectivity index (χ3n) is 16.1. The second-order valence-electron chi connectivity index (χ2n) is 23.9. The van der Waals surface area contributed by atoms with Gasteiger partial charge in [0, 0.05) is 37.7 Å². The first-order chi connectivity index (χ1) is 36.9. The van der Waals surface area contributed by atoms with Crippen LogP contribution in [0.4, 0.5) is 0 Å². The second kappa shape index (κ2) is 24.8. The highest BCUT2D eigenvalue weighted by molar-refractivity contribution is 5.97. The van der Waals surface area contributed by atoms with Crippen LogP contribution in [0, 0.1) is 17.8 Å². The Labute approximate surface area is 461 Å². The molecule has 2 aliphatic heterocycles. The van der Waals surface area contributed by atoms with Crippen molar-refractivity contribution in [1.82, 2.24) is 46.6 Å². The Morgan fingerprint density at radius 3 is 1.79 bits per heavy atom. The van der Waals surface area contributed by atoms with Crippen LogP contribution >= 0.6 is 0 Å². The summed E-state index contributed by atoms with van der Waals surface area (Å²) in [6.07, 6.45) is 3.01. The van der Waals surface area contributed by atoms with Gasteiger partial charge in [-0.25, -0.2) is 0 Å². The number of carbonyl (C=O) groups is 7. The summed E-state index contributed by atoms with van der Waals surface area (Å²) >= 11 is 0. The van der Waals surface area contributed by atoms with Gasteiger partial charge >= 0.3 is 0 Å². The quantitative estimate of drug-likeness (QED) is 0.0712. The molecule has 16 heteroatoms. The fourth-order valence-electron chi connectivity index (χ4n) is 11.1. The van der Waals surface area contributed by atoms with Crippen LogP contribution in [0.5, 0.6) is 0 Å². The molecule has 1 aliphatic carbocycles. The summed E-state index contributed by atoms with van der Waals surface area (Å²) < 4.78 is 0. The average Bonchev–Trinajstić information content (AvgIpc) is 3.98. The number of hydrogen-bond acceptors (Lipinski definition) is 9. The molecule has 78 heavy (non-hydrogen) atoms. The SMILES string of the molecule is CN[C@@H](C)C(=O)N[C@H](C(=O)N1C[C@@H](NC(=O)c2ccc(CN(C(=O)[C@@H]3Cc4ccccc4CN3C(=O)[C@@H](NC(=O)[C@H](C)NC)C(C)(C)C)[C@H](C)c3ccccc3C)cc2)C[C@H]1C(=O)N[C@@H]1CCCc2ccccc21)C(C)(C)C. The van der Waals surface area contributed by atoms with Gasteiger partial charge in [-0.15, -0.1) is 0 Å². The Bertz CT molecular complexity index is 2840. The predicted molar refractivity (Wildman–Crippen MR) is 303 cm³/mol. The van der Waals surface area contributed by atoms with Crippen molar-refractivity contribution < 1.29 is 33.6 Å². The Morgan fingerprint density at radius 2 is 1.21 bits per heavy atom. The summed E-state index contributed by atoms with van der Waals surface area (Å²) in [6.45, 7) is 19.1. The van der Waals surface area contributed by atoms with Crippen LogP contribution in [0.3, 0.4) is 0 Å². The lowest BCUT2D eigenvalue weighted by Gasteiger charge is -2.43. The lowest BCUT2D eigenvalue weighted by Crippen LogP contribution is -2.62. The molecule has 1 fully saturated rings. The minimum absolute atomic E-state index is 0.0446. The first kappa shape index (κ1) is 58.8. The van der Waals surface area contributed by atoms with Gasteiger partial charge in [0.25, 0.3) is 5.91 Å². The molecule has 9 atom stereocenters. The third-order valence-corrected chi connectivity index (χ3v) is 16.1. The van der Waals surface area contributed by atoms with Gasteiger partial charge in [-0.3, -0.25) is 33.6 Å². The Hall–Kier alpha value is -6.91. The van der Waals surface area contributed by atoms with E-state index in [2.05, 4.69) is 38.0 Å². The molecule has 0 radical (unpaired) electrons. The normalized spacial score (nSPS) is 20.2. The van der Waals surface area contributed by atoms with E-state index in [1.807, 2.05) is 134 Å². The molecule has 3 aliphatic rings. The van der Waals surface area contributed by atoms with Crippen molar-refractivity contribution in [2.45, 2.75) is 169 Å². The van der Waals surface area contributed by atoms with Crippen molar-refractivity contribution in [1.29, 1.82) is 0 Å². The molecule has 1 saturated heterocycles. The number of carbonyl (C=O) groups excluding carboxylic acids is 7. The zero-order chi connectivity index (χ0) is 56.8. The summed E-state index contributed by atoms with van der Waals surface area (Å²) in [5.74, 6) is -2.40. The van der Waals surface area contributed by atoms with Gasteiger partial charge in [-0.2, -0.15) is 0 Å². The van der Waals surface area contributed by atoms with E-state index in [0.29, 0.717) is 5.56 Å². The zero-order valence-electron chi connectivity index (χ0n) is 47.8. The first-order valence-electron chi connectivity index (χ1n) is 27.7. The Balaban J connectivity index is 1.15. The molecule has 7 rings (SSSR count). The lowest BCUT2D eigenvalue weighted by atomic mass is 9.84. The number of rotatable bonds is 17. The molecule has 0 spiro atoms.